The molecule has 1 N–H and O–H groups in total. The predicted octanol–water partition coefficient (Wildman–Crippen LogP) is 8.34. The lowest BCUT2D eigenvalue weighted by molar-refractivity contribution is 0.360. The van der Waals surface area contributed by atoms with E-state index in [0.717, 1.165) is 22.4 Å². The average molecular weight is 466 g/mol. The Morgan fingerprint density at radius 1 is 0.611 bits per heavy atom. The molecule has 5 aromatic carbocycles. The molecule has 7 rings (SSSR count). The van der Waals surface area contributed by atoms with Crippen LogP contribution in [0.15, 0.2) is 115 Å². The van der Waals surface area contributed by atoms with Crippen LogP contribution in [0.3, 0.4) is 0 Å². The standard InChI is InChI=1S/C33H23NO2/c1-21(34)22-16-18-28-30(20-22)35-29-19-17-27-31(32(29)36-28)25-14-8-9-15-26(25)33(27,23-10-4-2-5-11-23)24-12-6-3-7-13-24/h2-20,34H,1H3. The van der Waals surface area contributed by atoms with E-state index in [2.05, 4.69) is 91.0 Å². The first-order valence-corrected chi connectivity index (χ1v) is 12.1. The van der Waals surface area contributed by atoms with Gasteiger partial charge in [-0.25, -0.2) is 0 Å². The van der Waals surface area contributed by atoms with E-state index >= 15 is 0 Å². The van der Waals surface area contributed by atoms with Gasteiger partial charge in [-0.05, 0) is 64.6 Å². The Morgan fingerprint density at radius 2 is 1.25 bits per heavy atom. The highest BCUT2D eigenvalue weighted by Crippen LogP contribution is 2.62. The Balaban J connectivity index is 1.53. The molecule has 0 fully saturated rings. The second kappa shape index (κ2) is 7.69. The van der Waals surface area contributed by atoms with Crippen molar-refractivity contribution in [3.05, 3.63) is 143 Å². The van der Waals surface area contributed by atoms with Crippen LogP contribution in [0.4, 0.5) is 0 Å². The van der Waals surface area contributed by atoms with E-state index in [0.29, 0.717) is 23.0 Å². The fourth-order valence-electron chi connectivity index (χ4n) is 5.80. The first-order chi connectivity index (χ1) is 17.7. The van der Waals surface area contributed by atoms with Crippen molar-refractivity contribution < 1.29 is 9.47 Å². The molecule has 0 saturated heterocycles. The van der Waals surface area contributed by atoms with Gasteiger partial charge in [0.05, 0.1) is 5.41 Å². The van der Waals surface area contributed by atoms with Crippen LogP contribution >= 0.6 is 0 Å². The minimum Gasteiger partial charge on any atom is -0.449 e. The lowest BCUT2D eigenvalue weighted by Gasteiger charge is -2.34. The highest BCUT2D eigenvalue weighted by atomic mass is 16.6. The summed E-state index contributed by atoms with van der Waals surface area (Å²) in [6.07, 6.45) is 0. The summed E-state index contributed by atoms with van der Waals surface area (Å²) in [5.74, 6) is 2.72. The molecule has 1 heterocycles. The fraction of sp³-hybridized carbons (Fsp3) is 0.0606. The maximum Gasteiger partial charge on any atom is 0.178 e. The number of ether oxygens (including phenoxy) is 2. The maximum absolute atomic E-state index is 7.99. The van der Waals surface area contributed by atoms with Crippen molar-refractivity contribution in [2.45, 2.75) is 12.3 Å². The van der Waals surface area contributed by atoms with Crippen molar-refractivity contribution in [3.63, 3.8) is 0 Å². The summed E-state index contributed by atoms with van der Waals surface area (Å²) >= 11 is 0. The molecule has 36 heavy (non-hydrogen) atoms. The Hall–Kier alpha value is -4.63. The molecule has 0 atom stereocenters. The van der Waals surface area contributed by atoms with Crippen LogP contribution in [0.2, 0.25) is 0 Å². The summed E-state index contributed by atoms with van der Waals surface area (Å²) in [5.41, 5.74) is 7.88. The predicted molar refractivity (Wildman–Crippen MR) is 143 cm³/mol. The van der Waals surface area contributed by atoms with Crippen LogP contribution < -0.4 is 9.47 Å². The molecule has 2 aliphatic rings. The third-order valence-corrected chi connectivity index (χ3v) is 7.35. The molecular formula is C33H23NO2. The van der Waals surface area contributed by atoms with Gasteiger partial charge in [-0.15, -0.1) is 0 Å². The van der Waals surface area contributed by atoms with Crippen LogP contribution in [0.1, 0.15) is 34.7 Å². The van der Waals surface area contributed by atoms with Crippen molar-refractivity contribution in [1.29, 1.82) is 5.41 Å². The van der Waals surface area contributed by atoms with Crippen molar-refractivity contribution >= 4 is 5.71 Å². The molecule has 0 bridgehead atoms. The van der Waals surface area contributed by atoms with E-state index in [1.165, 1.54) is 22.3 Å². The second-order valence-electron chi connectivity index (χ2n) is 9.33. The van der Waals surface area contributed by atoms with Gasteiger partial charge in [-0.3, -0.25) is 0 Å². The van der Waals surface area contributed by atoms with E-state index in [4.69, 9.17) is 14.9 Å². The van der Waals surface area contributed by atoms with Gasteiger partial charge in [0.1, 0.15) is 0 Å². The number of nitrogens with one attached hydrogen (secondary N) is 1. The van der Waals surface area contributed by atoms with Gasteiger partial charge >= 0.3 is 0 Å². The molecule has 3 nitrogen and oxygen atoms in total. The summed E-state index contributed by atoms with van der Waals surface area (Å²) < 4.78 is 12.9. The first-order valence-electron chi connectivity index (χ1n) is 12.1. The Labute approximate surface area is 210 Å². The van der Waals surface area contributed by atoms with Gasteiger partial charge < -0.3 is 14.9 Å². The largest absolute Gasteiger partial charge is 0.449 e. The smallest absolute Gasteiger partial charge is 0.178 e. The summed E-state index contributed by atoms with van der Waals surface area (Å²) in [7, 11) is 0. The molecule has 1 aliphatic carbocycles. The molecule has 3 heteroatoms. The SMILES string of the molecule is CC(=N)c1ccc2c(c1)Oc1ccc3c(c1O2)-c1ccccc1C3(c1ccccc1)c1ccccc1. The molecule has 0 amide bonds. The molecule has 1 aliphatic heterocycles. The average Bonchev–Trinajstić information content (AvgIpc) is 3.24. The van der Waals surface area contributed by atoms with Crippen LogP contribution in [-0.4, -0.2) is 5.71 Å². The van der Waals surface area contributed by atoms with Crippen LogP contribution in [-0.2, 0) is 5.41 Å². The van der Waals surface area contributed by atoms with E-state index in [-0.39, 0.29) is 0 Å². The van der Waals surface area contributed by atoms with Gasteiger partial charge in [0.2, 0.25) is 0 Å². The van der Waals surface area contributed by atoms with Crippen molar-refractivity contribution in [2.75, 3.05) is 0 Å². The summed E-state index contributed by atoms with van der Waals surface area (Å²) in [6.45, 7) is 1.77. The van der Waals surface area contributed by atoms with E-state index in [1.807, 2.05) is 24.3 Å². The van der Waals surface area contributed by atoms with Crippen LogP contribution in [0, 0.1) is 5.41 Å². The van der Waals surface area contributed by atoms with Crippen molar-refractivity contribution in [2.24, 2.45) is 0 Å². The maximum atomic E-state index is 7.99. The highest BCUT2D eigenvalue weighted by molar-refractivity contribution is 5.97. The minimum atomic E-state index is -0.478. The van der Waals surface area contributed by atoms with Gasteiger partial charge in [-0.1, -0.05) is 91.0 Å². The monoisotopic (exact) mass is 465 g/mol. The van der Waals surface area contributed by atoms with Gasteiger partial charge in [0, 0.05) is 11.3 Å². The van der Waals surface area contributed by atoms with E-state index < -0.39 is 5.41 Å². The minimum absolute atomic E-state index is 0.478. The molecule has 0 saturated carbocycles. The third kappa shape index (κ3) is 2.77. The van der Waals surface area contributed by atoms with Crippen molar-refractivity contribution in [3.8, 4) is 34.1 Å². The Bertz CT molecular complexity index is 1620. The molecule has 0 unspecified atom stereocenters. The number of benzene rings is 5. The van der Waals surface area contributed by atoms with Gasteiger partial charge in [0.25, 0.3) is 0 Å². The Morgan fingerprint density at radius 3 is 1.94 bits per heavy atom. The lowest BCUT2D eigenvalue weighted by atomic mass is 9.68. The molecular weight excluding hydrogens is 442 g/mol. The number of hydrogen-bond acceptors (Lipinski definition) is 3. The zero-order valence-electron chi connectivity index (χ0n) is 19.8. The summed E-state index contributed by atoms with van der Waals surface area (Å²) in [6, 6.07) is 39.9. The number of hydrogen-bond donors (Lipinski definition) is 1. The molecule has 0 spiro atoms. The zero-order chi connectivity index (χ0) is 24.3. The normalized spacial score (nSPS) is 13.9. The van der Waals surface area contributed by atoms with Crippen LogP contribution in [0.5, 0.6) is 23.0 Å². The molecule has 5 aromatic rings. The van der Waals surface area contributed by atoms with Crippen LogP contribution in [0.25, 0.3) is 11.1 Å². The number of fused-ring (bicyclic) bond motifs is 6. The fourth-order valence-corrected chi connectivity index (χ4v) is 5.80. The number of rotatable bonds is 3. The quantitative estimate of drug-likeness (QED) is 0.267. The summed E-state index contributed by atoms with van der Waals surface area (Å²) in [5, 5.41) is 7.99. The first kappa shape index (κ1) is 20.7. The zero-order valence-corrected chi connectivity index (χ0v) is 19.8. The Kier molecular flexibility index (Phi) is 4.43. The highest BCUT2D eigenvalue weighted by Gasteiger charge is 2.48. The molecule has 0 radical (unpaired) electrons. The third-order valence-electron chi connectivity index (χ3n) is 7.35. The van der Waals surface area contributed by atoms with Crippen molar-refractivity contribution in [1.82, 2.24) is 0 Å². The summed E-state index contributed by atoms with van der Waals surface area (Å²) in [4.78, 5) is 0. The topological polar surface area (TPSA) is 42.3 Å². The van der Waals surface area contributed by atoms with Gasteiger partial charge in [0.15, 0.2) is 23.0 Å². The van der Waals surface area contributed by atoms with Gasteiger partial charge in [-0.2, -0.15) is 0 Å². The van der Waals surface area contributed by atoms with E-state index in [1.54, 1.807) is 6.92 Å². The second-order valence-corrected chi connectivity index (χ2v) is 9.33. The molecule has 0 aromatic heterocycles. The molecule has 172 valence electrons. The van der Waals surface area contributed by atoms with E-state index in [9.17, 15) is 0 Å². The lowest BCUT2D eigenvalue weighted by Crippen LogP contribution is -2.28.